The Hall–Kier alpha value is -1.75. The summed E-state index contributed by atoms with van der Waals surface area (Å²) in [7, 11) is 1.68. The summed E-state index contributed by atoms with van der Waals surface area (Å²) in [6, 6.07) is 14.4. The van der Waals surface area contributed by atoms with Crippen molar-refractivity contribution < 1.29 is 0 Å². The van der Waals surface area contributed by atoms with Gasteiger partial charge in [-0.2, -0.15) is 4.99 Å². The molecule has 0 saturated heterocycles. The molecule has 22 heavy (non-hydrogen) atoms. The summed E-state index contributed by atoms with van der Waals surface area (Å²) in [6.45, 7) is 0. The summed E-state index contributed by atoms with van der Waals surface area (Å²) in [6.07, 6.45) is 0. The lowest BCUT2D eigenvalue weighted by Crippen LogP contribution is -1.99. The molecule has 0 saturated carbocycles. The van der Waals surface area contributed by atoms with Crippen molar-refractivity contribution in [2.24, 2.45) is 15.0 Å². The molecule has 3 rings (SSSR count). The standard InChI is InChI=1S/C16H11Cl2N3S/c1-19-15(21-16(18)20-9-17)12-7-4-6-11-10-5-2-3-8-13(10)22-14(11)12/h2-9H,1H3/b19-15-,20-9+,21-16-. The van der Waals surface area contributed by atoms with Gasteiger partial charge in [0.1, 0.15) is 0 Å². The highest BCUT2D eigenvalue weighted by Crippen LogP contribution is 2.36. The van der Waals surface area contributed by atoms with E-state index < -0.39 is 0 Å². The maximum absolute atomic E-state index is 5.92. The molecule has 3 nitrogen and oxygen atoms in total. The predicted octanol–water partition coefficient (Wildman–Crippen LogP) is 5.29. The lowest BCUT2D eigenvalue weighted by Gasteiger charge is -2.02. The monoisotopic (exact) mass is 347 g/mol. The molecule has 1 aromatic heterocycles. The average molecular weight is 348 g/mol. The molecule has 0 unspecified atom stereocenters. The smallest absolute Gasteiger partial charge is 0.225 e. The molecule has 110 valence electrons. The fourth-order valence-corrected chi connectivity index (χ4v) is 3.79. The van der Waals surface area contributed by atoms with E-state index in [9.17, 15) is 0 Å². The molecular weight excluding hydrogens is 337 g/mol. The van der Waals surface area contributed by atoms with E-state index in [-0.39, 0.29) is 5.29 Å². The summed E-state index contributed by atoms with van der Waals surface area (Å²) in [5.74, 6) is 0.532. The van der Waals surface area contributed by atoms with E-state index in [4.69, 9.17) is 23.2 Å². The molecule has 3 aromatic rings. The van der Waals surface area contributed by atoms with Crippen molar-refractivity contribution in [3.05, 3.63) is 48.0 Å². The van der Waals surface area contributed by atoms with Crippen molar-refractivity contribution >= 4 is 71.5 Å². The van der Waals surface area contributed by atoms with Crippen LogP contribution in [-0.4, -0.2) is 23.9 Å². The molecule has 0 atom stereocenters. The number of benzene rings is 2. The quantitative estimate of drug-likeness (QED) is 0.325. The molecule has 0 aliphatic heterocycles. The molecule has 0 amide bonds. The SMILES string of the molecule is C\N=C(/N=C(Cl)\N=C\Cl)c1cccc2c1sc1ccccc12. The van der Waals surface area contributed by atoms with Crippen molar-refractivity contribution in [2.75, 3.05) is 7.05 Å². The Morgan fingerprint density at radius 1 is 1.09 bits per heavy atom. The summed E-state index contributed by atoms with van der Waals surface area (Å²) < 4.78 is 2.36. The van der Waals surface area contributed by atoms with E-state index in [1.165, 1.54) is 15.5 Å². The van der Waals surface area contributed by atoms with E-state index in [2.05, 4.69) is 33.2 Å². The highest BCUT2D eigenvalue weighted by atomic mass is 35.5. The van der Waals surface area contributed by atoms with Crippen LogP contribution in [0.2, 0.25) is 0 Å². The first-order valence-electron chi connectivity index (χ1n) is 6.49. The van der Waals surface area contributed by atoms with Gasteiger partial charge in [-0.25, -0.2) is 4.99 Å². The number of halogens is 2. The van der Waals surface area contributed by atoms with Gasteiger partial charge < -0.3 is 0 Å². The zero-order valence-corrected chi connectivity index (χ0v) is 14.0. The van der Waals surface area contributed by atoms with E-state index >= 15 is 0 Å². The number of rotatable bonds is 1. The minimum atomic E-state index is 0.0497. The van der Waals surface area contributed by atoms with Crippen molar-refractivity contribution in [3.8, 4) is 0 Å². The van der Waals surface area contributed by atoms with E-state index in [0.29, 0.717) is 5.84 Å². The Labute approximate surface area is 141 Å². The Morgan fingerprint density at radius 3 is 2.64 bits per heavy atom. The van der Waals surface area contributed by atoms with Crippen molar-refractivity contribution in [3.63, 3.8) is 0 Å². The first-order valence-corrected chi connectivity index (χ1v) is 8.12. The predicted molar refractivity (Wildman–Crippen MR) is 99.4 cm³/mol. The highest BCUT2D eigenvalue weighted by Gasteiger charge is 2.12. The van der Waals surface area contributed by atoms with Crippen LogP contribution in [0, 0.1) is 0 Å². The lowest BCUT2D eigenvalue weighted by molar-refractivity contribution is 1.39. The maximum Gasteiger partial charge on any atom is 0.225 e. The minimum absolute atomic E-state index is 0.0497. The number of fused-ring (bicyclic) bond motifs is 3. The van der Waals surface area contributed by atoms with Gasteiger partial charge in [0.2, 0.25) is 5.29 Å². The van der Waals surface area contributed by atoms with E-state index in [1.807, 2.05) is 24.3 Å². The molecule has 2 aromatic carbocycles. The number of thiophene rings is 1. The number of amidine groups is 2. The molecule has 0 spiro atoms. The third-order valence-electron chi connectivity index (χ3n) is 3.21. The van der Waals surface area contributed by atoms with Crippen LogP contribution in [0.4, 0.5) is 0 Å². The first kappa shape index (κ1) is 15.2. The number of hydrogen-bond donors (Lipinski definition) is 0. The van der Waals surface area contributed by atoms with Crippen LogP contribution >= 0.6 is 34.5 Å². The number of aliphatic imine (C=N–C) groups is 3. The van der Waals surface area contributed by atoms with Gasteiger partial charge in [-0.05, 0) is 23.7 Å². The third kappa shape index (κ3) is 2.77. The molecule has 0 aliphatic rings. The largest absolute Gasteiger partial charge is 0.269 e. The zero-order chi connectivity index (χ0) is 15.5. The Bertz CT molecular complexity index is 925. The topological polar surface area (TPSA) is 37.1 Å². The van der Waals surface area contributed by atoms with Gasteiger partial charge in [-0.1, -0.05) is 41.9 Å². The Balaban J connectivity index is 2.24. The lowest BCUT2D eigenvalue weighted by atomic mass is 10.1. The molecule has 1 heterocycles. The molecule has 0 radical (unpaired) electrons. The van der Waals surface area contributed by atoms with Gasteiger partial charge in [0.15, 0.2) is 5.84 Å². The minimum Gasteiger partial charge on any atom is -0.269 e. The first-order chi connectivity index (χ1) is 10.7. The number of nitrogens with zero attached hydrogens (tertiary/aromatic N) is 3. The van der Waals surface area contributed by atoms with Crippen LogP contribution in [0.1, 0.15) is 5.56 Å². The van der Waals surface area contributed by atoms with Crippen molar-refractivity contribution in [1.29, 1.82) is 0 Å². The second kappa shape index (κ2) is 6.57. The molecule has 0 aliphatic carbocycles. The zero-order valence-electron chi connectivity index (χ0n) is 11.6. The molecule has 0 N–H and O–H groups in total. The average Bonchev–Trinajstić information content (AvgIpc) is 2.91. The normalized spacial score (nSPS) is 13.6. The fraction of sp³-hybridized carbons (Fsp3) is 0.0625. The van der Waals surface area contributed by atoms with Crippen LogP contribution in [0.25, 0.3) is 20.2 Å². The second-order valence-electron chi connectivity index (χ2n) is 4.44. The van der Waals surface area contributed by atoms with Gasteiger partial charge in [-0.15, -0.1) is 11.3 Å². The van der Waals surface area contributed by atoms with Crippen LogP contribution in [0.15, 0.2) is 57.4 Å². The Morgan fingerprint density at radius 2 is 1.86 bits per heavy atom. The summed E-state index contributed by atoms with van der Waals surface area (Å²) in [5, 5.41) is 2.47. The summed E-state index contributed by atoms with van der Waals surface area (Å²) >= 11 is 13.1. The van der Waals surface area contributed by atoms with Crippen LogP contribution in [0.5, 0.6) is 0 Å². The summed E-state index contributed by atoms with van der Waals surface area (Å²) in [5.41, 5.74) is 2.02. The molecule has 6 heteroatoms. The van der Waals surface area contributed by atoms with Gasteiger partial charge in [0.25, 0.3) is 0 Å². The number of hydrogen-bond acceptors (Lipinski definition) is 2. The van der Waals surface area contributed by atoms with Gasteiger partial charge in [0, 0.05) is 32.8 Å². The van der Waals surface area contributed by atoms with E-state index in [0.717, 1.165) is 15.9 Å². The molecular formula is C16H11Cl2N3S. The fourth-order valence-electron chi connectivity index (χ4n) is 2.31. The van der Waals surface area contributed by atoms with Crippen molar-refractivity contribution in [1.82, 2.24) is 0 Å². The maximum atomic E-state index is 5.92. The van der Waals surface area contributed by atoms with E-state index in [1.54, 1.807) is 18.4 Å². The van der Waals surface area contributed by atoms with Gasteiger partial charge >= 0.3 is 0 Å². The second-order valence-corrected chi connectivity index (χ2v) is 6.02. The highest BCUT2D eigenvalue weighted by molar-refractivity contribution is 7.26. The third-order valence-corrected chi connectivity index (χ3v) is 4.71. The van der Waals surface area contributed by atoms with Gasteiger partial charge in [-0.3, -0.25) is 4.99 Å². The van der Waals surface area contributed by atoms with Crippen molar-refractivity contribution in [2.45, 2.75) is 0 Å². The molecule has 0 fully saturated rings. The van der Waals surface area contributed by atoms with Crippen LogP contribution in [0.3, 0.4) is 0 Å². The summed E-state index contributed by atoms with van der Waals surface area (Å²) in [4.78, 5) is 12.2. The van der Waals surface area contributed by atoms with Crippen LogP contribution < -0.4 is 0 Å². The van der Waals surface area contributed by atoms with Crippen LogP contribution in [-0.2, 0) is 0 Å². The van der Waals surface area contributed by atoms with Gasteiger partial charge in [0.05, 0.1) is 5.67 Å². The Kier molecular flexibility index (Phi) is 4.52. The molecule has 0 bridgehead atoms.